The minimum absolute atomic E-state index is 0.0447. The highest BCUT2D eigenvalue weighted by Crippen LogP contribution is 2.28. The SMILES string of the molecule is CCC[C@H](c1cc(F)c(F)c(F)c1)N1CCNCC1. The van der Waals surface area contributed by atoms with E-state index in [2.05, 4.69) is 10.2 Å². The van der Waals surface area contributed by atoms with Crippen LogP contribution in [-0.4, -0.2) is 31.1 Å². The van der Waals surface area contributed by atoms with Gasteiger partial charge in [-0.15, -0.1) is 0 Å². The molecule has 5 heteroatoms. The number of nitrogens with one attached hydrogen (secondary N) is 1. The predicted molar refractivity (Wildman–Crippen MR) is 68.4 cm³/mol. The van der Waals surface area contributed by atoms with Gasteiger partial charge in [0.25, 0.3) is 0 Å². The first-order chi connectivity index (χ1) is 9.13. The summed E-state index contributed by atoms with van der Waals surface area (Å²) >= 11 is 0. The number of piperazine rings is 1. The van der Waals surface area contributed by atoms with Crippen LogP contribution in [0.4, 0.5) is 13.2 Å². The summed E-state index contributed by atoms with van der Waals surface area (Å²) in [6.07, 6.45) is 1.72. The van der Waals surface area contributed by atoms with Gasteiger partial charge in [-0.2, -0.15) is 0 Å². The largest absolute Gasteiger partial charge is 0.314 e. The van der Waals surface area contributed by atoms with E-state index in [1.165, 1.54) is 0 Å². The number of hydrogen-bond donors (Lipinski definition) is 1. The van der Waals surface area contributed by atoms with Crippen LogP contribution in [0.2, 0.25) is 0 Å². The second-order valence-corrected chi connectivity index (χ2v) is 4.89. The van der Waals surface area contributed by atoms with E-state index in [1.807, 2.05) is 6.92 Å². The minimum Gasteiger partial charge on any atom is -0.314 e. The molecule has 1 N–H and O–H groups in total. The average molecular weight is 272 g/mol. The first-order valence-electron chi connectivity index (χ1n) is 6.72. The first kappa shape index (κ1) is 14.3. The van der Waals surface area contributed by atoms with Crippen molar-refractivity contribution in [1.82, 2.24) is 10.2 Å². The highest BCUT2D eigenvalue weighted by Gasteiger charge is 2.23. The van der Waals surface area contributed by atoms with Crippen molar-refractivity contribution in [2.45, 2.75) is 25.8 Å². The molecule has 1 atom stereocenters. The zero-order chi connectivity index (χ0) is 13.8. The molecule has 0 radical (unpaired) electrons. The fourth-order valence-corrected chi connectivity index (χ4v) is 2.59. The normalized spacial score (nSPS) is 18.5. The van der Waals surface area contributed by atoms with Crippen molar-refractivity contribution in [2.24, 2.45) is 0 Å². The van der Waals surface area contributed by atoms with Crippen LogP contribution in [0, 0.1) is 17.5 Å². The van der Waals surface area contributed by atoms with E-state index in [0.717, 1.165) is 51.2 Å². The summed E-state index contributed by atoms with van der Waals surface area (Å²) in [7, 11) is 0. The summed E-state index contributed by atoms with van der Waals surface area (Å²) in [6.45, 7) is 5.45. The molecule has 0 amide bonds. The Kier molecular flexibility index (Phi) is 4.82. The lowest BCUT2D eigenvalue weighted by atomic mass is 9.99. The molecule has 1 aromatic rings. The van der Waals surface area contributed by atoms with E-state index in [4.69, 9.17) is 0 Å². The Morgan fingerprint density at radius 3 is 2.26 bits per heavy atom. The zero-order valence-electron chi connectivity index (χ0n) is 11.1. The van der Waals surface area contributed by atoms with Crippen molar-refractivity contribution < 1.29 is 13.2 Å². The molecule has 0 aromatic heterocycles. The second kappa shape index (κ2) is 6.39. The lowest BCUT2D eigenvalue weighted by molar-refractivity contribution is 0.164. The van der Waals surface area contributed by atoms with Crippen LogP contribution >= 0.6 is 0 Å². The number of hydrogen-bond acceptors (Lipinski definition) is 2. The molecule has 0 saturated carbocycles. The number of rotatable bonds is 4. The van der Waals surface area contributed by atoms with Crippen LogP contribution in [0.5, 0.6) is 0 Å². The molecule has 1 aliphatic rings. The standard InChI is InChI=1S/C14H19F3N2/c1-2-3-13(19-6-4-18-5-7-19)10-8-11(15)14(17)12(16)9-10/h8-9,13,18H,2-7H2,1H3/t13-/m1/s1. The molecule has 19 heavy (non-hydrogen) atoms. The Hall–Kier alpha value is -1.07. The minimum atomic E-state index is -1.39. The maximum atomic E-state index is 13.4. The van der Waals surface area contributed by atoms with Gasteiger partial charge in [0.15, 0.2) is 17.5 Å². The van der Waals surface area contributed by atoms with Gasteiger partial charge in [0.2, 0.25) is 0 Å². The number of nitrogens with zero attached hydrogens (tertiary/aromatic N) is 1. The molecular weight excluding hydrogens is 253 g/mol. The average Bonchev–Trinajstić information content (AvgIpc) is 2.42. The number of halogens is 3. The maximum Gasteiger partial charge on any atom is 0.194 e. The van der Waals surface area contributed by atoms with E-state index >= 15 is 0 Å². The van der Waals surface area contributed by atoms with E-state index < -0.39 is 17.5 Å². The van der Waals surface area contributed by atoms with E-state index in [9.17, 15) is 13.2 Å². The van der Waals surface area contributed by atoms with Gasteiger partial charge in [-0.1, -0.05) is 13.3 Å². The van der Waals surface area contributed by atoms with Crippen LogP contribution in [0.3, 0.4) is 0 Å². The molecule has 0 bridgehead atoms. The maximum absolute atomic E-state index is 13.4. The lowest BCUT2D eigenvalue weighted by Crippen LogP contribution is -2.45. The van der Waals surface area contributed by atoms with E-state index in [0.29, 0.717) is 5.56 Å². The molecule has 1 fully saturated rings. The zero-order valence-corrected chi connectivity index (χ0v) is 11.1. The van der Waals surface area contributed by atoms with Gasteiger partial charge in [-0.25, -0.2) is 13.2 Å². The van der Waals surface area contributed by atoms with Crippen LogP contribution in [0.1, 0.15) is 31.4 Å². The molecule has 0 unspecified atom stereocenters. The molecule has 2 nitrogen and oxygen atoms in total. The molecule has 2 rings (SSSR count). The van der Waals surface area contributed by atoms with Crippen molar-refractivity contribution >= 4 is 0 Å². The third-order valence-electron chi connectivity index (χ3n) is 3.55. The van der Waals surface area contributed by atoms with Gasteiger partial charge >= 0.3 is 0 Å². The third kappa shape index (κ3) is 3.28. The van der Waals surface area contributed by atoms with Crippen LogP contribution < -0.4 is 5.32 Å². The van der Waals surface area contributed by atoms with Crippen molar-refractivity contribution in [3.05, 3.63) is 35.1 Å². The summed E-state index contributed by atoms with van der Waals surface area (Å²) in [6, 6.07) is 2.21. The highest BCUT2D eigenvalue weighted by molar-refractivity contribution is 5.23. The Morgan fingerprint density at radius 1 is 1.16 bits per heavy atom. The van der Waals surface area contributed by atoms with Gasteiger partial charge < -0.3 is 5.32 Å². The van der Waals surface area contributed by atoms with Crippen molar-refractivity contribution in [3.63, 3.8) is 0 Å². The second-order valence-electron chi connectivity index (χ2n) is 4.89. The molecule has 1 aliphatic heterocycles. The fourth-order valence-electron chi connectivity index (χ4n) is 2.59. The predicted octanol–water partition coefficient (Wildman–Crippen LogP) is 2.85. The van der Waals surface area contributed by atoms with Gasteiger partial charge in [0.1, 0.15) is 0 Å². The molecule has 0 aliphatic carbocycles. The Bertz CT molecular complexity index is 408. The Labute approximate surface area is 111 Å². The van der Waals surface area contributed by atoms with E-state index in [-0.39, 0.29) is 6.04 Å². The molecule has 1 aromatic carbocycles. The van der Waals surface area contributed by atoms with Crippen LogP contribution in [0.15, 0.2) is 12.1 Å². The van der Waals surface area contributed by atoms with Gasteiger partial charge in [0, 0.05) is 32.2 Å². The van der Waals surface area contributed by atoms with Gasteiger partial charge in [-0.3, -0.25) is 4.90 Å². The smallest absolute Gasteiger partial charge is 0.194 e. The van der Waals surface area contributed by atoms with E-state index in [1.54, 1.807) is 0 Å². The summed E-state index contributed by atoms with van der Waals surface area (Å²) in [5, 5.41) is 3.25. The quantitative estimate of drug-likeness (QED) is 0.848. The lowest BCUT2D eigenvalue weighted by Gasteiger charge is -2.35. The molecule has 1 saturated heterocycles. The van der Waals surface area contributed by atoms with Crippen molar-refractivity contribution in [2.75, 3.05) is 26.2 Å². The van der Waals surface area contributed by atoms with Crippen molar-refractivity contribution in [1.29, 1.82) is 0 Å². The molecule has 0 spiro atoms. The monoisotopic (exact) mass is 272 g/mol. The fraction of sp³-hybridized carbons (Fsp3) is 0.571. The van der Waals surface area contributed by atoms with Crippen LogP contribution in [-0.2, 0) is 0 Å². The molecular formula is C14H19F3N2. The number of benzene rings is 1. The Balaban J connectivity index is 2.27. The molecule has 106 valence electrons. The summed E-state index contributed by atoms with van der Waals surface area (Å²) in [4.78, 5) is 2.20. The summed E-state index contributed by atoms with van der Waals surface area (Å²) < 4.78 is 39.8. The Morgan fingerprint density at radius 2 is 1.74 bits per heavy atom. The molecule has 1 heterocycles. The van der Waals surface area contributed by atoms with Crippen molar-refractivity contribution in [3.8, 4) is 0 Å². The van der Waals surface area contributed by atoms with Gasteiger partial charge in [0.05, 0.1) is 0 Å². The topological polar surface area (TPSA) is 15.3 Å². The van der Waals surface area contributed by atoms with Crippen LogP contribution in [0.25, 0.3) is 0 Å². The summed E-state index contributed by atoms with van der Waals surface area (Å²) in [5.41, 5.74) is 0.528. The summed E-state index contributed by atoms with van der Waals surface area (Å²) in [5.74, 6) is -3.60. The highest BCUT2D eigenvalue weighted by atomic mass is 19.2. The van der Waals surface area contributed by atoms with Gasteiger partial charge in [-0.05, 0) is 24.1 Å². The third-order valence-corrected chi connectivity index (χ3v) is 3.55. The first-order valence-corrected chi connectivity index (χ1v) is 6.72.